The van der Waals surface area contributed by atoms with Crippen LogP contribution in [-0.2, 0) is 19.1 Å². The summed E-state index contributed by atoms with van der Waals surface area (Å²) in [7, 11) is 0. The van der Waals surface area contributed by atoms with E-state index in [1.165, 1.54) is 0 Å². The normalized spacial score (nSPS) is 36.9. The molecule has 15 nitrogen and oxygen atoms in total. The van der Waals surface area contributed by atoms with Crippen LogP contribution < -0.4 is 10.9 Å². The van der Waals surface area contributed by atoms with E-state index >= 15 is 0 Å². The highest BCUT2D eigenvalue weighted by atomic mass is 16.6. The smallest absolute Gasteiger partial charge is 0.276 e. The molecule has 1 aromatic heterocycles. The number of aliphatic imine (C=N–C) groups is 1. The Morgan fingerprint density at radius 3 is 2.31 bits per heavy atom. The number of hydrogen-bond donors (Lipinski definition) is 9. The van der Waals surface area contributed by atoms with Gasteiger partial charge in [-0.1, -0.05) is 0 Å². The van der Waals surface area contributed by atoms with Crippen molar-refractivity contribution < 1.29 is 54.8 Å². The van der Waals surface area contributed by atoms with E-state index < -0.39 is 90.1 Å². The molecule has 4 heterocycles. The lowest BCUT2D eigenvalue weighted by atomic mass is 9.95. The molecule has 0 aliphatic carbocycles. The summed E-state index contributed by atoms with van der Waals surface area (Å²) in [6.45, 7) is -1.03. The van der Waals surface area contributed by atoms with Gasteiger partial charge in [-0.15, -0.1) is 0 Å². The molecule has 9 N–H and O–H groups in total. The van der Waals surface area contributed by atoms with Gasteiger partial charge in [0.25, 0.3) is 17.4 Å². The summed E-state index contributed by atoms with van der Waals surface area (Å²) < 4.78 is 10.6. The monoisotopic (exact) mass is 497 g/mol. The third-order valence-corrected chi connectivity index (χ3v) is 5.94. The highest BCUT2D eigenvalue weighted by Crippen LogP contribution is 2.34. The number of carbonyl (C=O) groups is 2. The first-order valence-electron chi connectivity index (χ1n) is 10.4. The number of aromatic nitrogens is 1. The second kappa shape index (κ2) is 9.56. The number of nitrogens with one attached hydrogen (secondary N) is 2. The Labute approximate surface area is 195 Å². The van der Waals surface area contributed by atoms with Gasteiger partial charge in [0.15, 0.2) is 5.88 Å². The van der Waals surface area contributed by atoms with E-state index in [0.717, 1.165) is 12.1 Å². The van der Waals surface area contributed by atoms with Crippen LogP contribution >= 0.6 is 0 Å². The Hall–Kier alpha value is -3.02. The third-order valence-electron chi connectivity index (χ3n) is 5.94. The van der Waals surface area contributed by atoms with Crippen LogP contribution in [0.1, 0.15) is 11.7 Å². The summed E-state index contributed by atoms with van der Waals surface area (Å²) in [4.78, 5) is 43.0. The first kappa shape index (κ1) is 25.1. The number of imide groups is 1. The van der Waals surface area contributed by atoms with E-state index in [2.05, 4.69) is 9.98 Å². The third kappa shape index (κ3) is 4.51. The quantitative estimate of drug-likeness (QED) is 0.178. The van der Waals surface area contributed by atoms with Crippen molar-refractivity contribution in [2.75, 3.05) is 13.2 Å². The zero-order chi connectivity index (χ0) is 25.6. The Bertz CT molecular complexity index is 1150. The molecule has 190 valence electrons. The van der Waals surface area contributed by atoms with E-state index in [0.29, 0.717) is 0 Å². The zero-order valence-electron chi connectivity index (χ0n) is 17.8. The van der Waals surface area contributed by atoms with Crippen molar-refractivity contribution in [1.82, 2.24) is 10.3 Å². The highest BCUT2D eigenvalue weighted by molar-refractivity contribution is 6.49. The van der Waals surface area contributed by atoms with Gasteiger partial charge in [-0.3, -0.25) is 24.7 Å². The summed E-state index contributed by atoms with van der Waals surface area (Å²) in [5.41, 5.74) is -2.39. The molecule has 0 radical (unpaired) electrons. The maximum atomic E-state index is 12.4. The number of carbonyl (C=O) groups excluding carboxylic acids is 2. The molecule has 15 heteroatoms. The average Bonchev–Trinajstić information content (AvgIpc) is 3.09. The molecule has 2 fully saturated rings. The average molecular weight is 497 g/mol. The molecule has 0 bridgehead atoms. The maximum Gasteiger partial charge on any atom is 0.276 e. The summed E-state index contributed by atoms with van der Waals surface area (Å²) in [5.74, 6) is -2.67. The number of aliphatic hydroxyl groups excluding tert-OH is 6. The van der Waals surface area contributed by atoms with Crippen molar-refractivity contribution in [2.45, 2.75) is 48.8 Å². The standard InChI is InChI=1S/C20H23N3O12/c24-3-10-12(27)14(29)16(35-10)6-2-8(20(33)23-18(6)31)21-7-1-5(17(30)22-19(7)32)15-13(28)11(26)9(25)4-34-15/h1-2,9-16,24-29H,3-4H2,(H2,22,30,32)(H,23,31,33)/t9-,10-,11-,12-,13-,14-,15-,16-/m1/s1. The largest absolute Gasteiger partial charge is 0.494 e. The van der Waals surface area contributed by atoms with Crippen LogP contribution in [0.3, 0.4) is 0 Å². The number of rotatable bonds is 4. The van der Waals surface area contributed by atoms with E-state index in [4.69, 9.17) is 9.47 Å². The van der Waals surface area contributed by atoms with E-state index in [9.17, 15) is 50.1 Å². The number of nitrogens with zero attached hydrogens (tertiary/aromatic N) is 1. The van der Waals surface area contributed by atoms with Crippen LogP contribution in [0.15, 0.2) is 27.5 Å². The predicted molar refractivity (Wildman–Crippen MR) is 112 cm³/mol. The van der Waals surface area contributed by atoms with Gasteiger partial charge in [0, 0.05) is 5.56 Å². The minimum Gasteiger partial charge on any atom is -0.494 e. The lowest BCUT2D eigenvalue weighted by molar-refractivity contribution is -0.189. The minimum atomic E-state index is -1.68. The SMILES string of the molecule is O=C1NC(=O)C(=Nc2cc([C@H]3OC[C@@H](O)[C@@H](O)[C@H]3O)c(O)[nH]c2=O)C=C1[C@H]1O[C@H](CO)[C@@H](O)[C@H]1O. The molecule has 3 aliphatic heterocycles. The molecule has 1 aromatic rings. The number of ether oxygens (including phenoxy) is 2. The van der Waals surface area contributed by atoms with Crippen LogP contribution in [0.4, 0.5) is 5.69 Å². The lowest BCUT2D eigenvalue weighted by Crippen LogP contribution is -2.49. The number of hydrogen-bond acceptors (Lipinski definition) is 13. The van der Waals surface area contributed by atoms with Gasteiger partial charge in [-0.05, 0) is 12.1 Å². The Morgan fingerprint density at radius 1 is 0.971 bits per heavy atom. The van der Waals surface area contributed by atoms with Gasteiger partial charge < -0.3 is 45.2 Å². The fourth-order valence-electron chi connectivity index (χ4n) is 4.00. The molecule has 0 aromatic carbocycles. The molecule has 2 amide bonds. The fraction of sp³-hybridized carbons (Fsp3) is 0.500. The summed E-state index contributed by atoms with van der Waals surface area (Å²) >= 11 is 0. The van der Waals surface area contributed by atoms with Gasteiger partial charge in [0.1, 0.15) is 60.2 Å². The van der Waals surface area contributed by atoms with E-state index in [1.807, 2.05) is 5.32 Å². The summed E-state index contributed by atoms with van der Waals surface area (Å²) in [5, 5.41) is 71.3. The molecule has 0 spiro atoms. The lowest BCUT2D eigenvalue weighted by Gasteiger charge is -2.35. The molecular weight excluding hydrogens is 474 g/mol. The van der Waals surface area contributed by atoms with Gasteiger partial charge in [-0.25, -0.2) is 4.99 Å². The number of aromatic hydroxyl groups is 1. The fourth-order valence-corrected chi connectivity index (χ4v) is 4.00. The maximum absolute atomic E-state index is 12.4. The molecular formula is C20H23N3O12. The minimum absolute atomic E-state index is 0.206. The van der Waals surface area contributed by atoms with Gasteiger partial charge in [0.05, 0.1) is 18.8 Å². The van der Waals surface area contributed by atoms with Crippen molar-refractivity contribution >= 4 is 23.2 Å². The molecule has 4 rings (SSSR count). The number of pyridine rings is 1. The van der Waals surface area contributed by atoms with Crippen molar-refractivity contribution in [3.05, 3.63) is 33.6 Å². The van der Waals surface area contributed by atoms with Crippen LogP contribution in [-0.4, -0.2) is 114 Å². The van der Waals surface area contributed by atoms with E-state index in [-0.39, 0.29) is 17.7 Å². The van der Waals surface area contributed by atoms with Crippen LogP contribution in [0.2, 0.25) is 0 Å². The predicted octanol–water partition coefficient (Wildman–Crippen LogP) is -4.63. The molecule has 0 saturated carbocycles. The Kier molecular flexibility index (Phi) is 6.85. The molecule has 0 unspecified atom stereocenters. The van der Waals surface area contributed by atoms with Crippen molar-refractivity contribution in [3.63, 3.8) is 0 Å². The van der Waals surface area contributed by atoms with Crippen molar-refractivity contribution in [3.8, 4) is 5.88 Å². The summed E-state index contributed by atoms with van der Waals surface area (Å²) in [6, 6.07) is 0.989. The Morgan fingerprint density at radius 2 is 1.66 bits per heavy atom. The van der Waals surface area contributed by atoms with Gasteiger partial charge >= 0.3 is 0 Å². The van der Waals surface area contributed by atoms with Crippen molar-refractivity contribution in [1.29, 1.82) is 0 Å². The zero-order valence-corrected chi connectivity index (χ0v) is 17.8. The van der Waals surface area contributed by atoms with E-state index in [1.54, 1.807) is 0 Å². The van der Waals surface area contributed by atoms with Gasteiger partial charge in [-0.2, -0.15) is 0 Å². The van der Waals surface area contributed by atoms with Gasteiger partial charge in [0.2, 0.25) is 0 Å². The molecule has 3 aliphatic rings. The number of amides is 2. The molecule has 8 atom stereocenters. The molecule has 2 saturated heterocycles. The van der Waals surface area contributed by atoms with Crippen LogP contribution in [0.5, 0.6) is 5.88 Å². The van der Waals surface area contributed by atoms with Crippen molar-refractivity contribution in [2.24, 2.45) is 4.99 Å². The highest BCUT2D eigenvalue weighted by Gasteiger charge is 2.47. The number of aliphatic hydroxyl groups is 6. The van der Waals surface area contributed by atoms with Crippen LogP contribution in [0, 0.1) is 0 Å². The van der Waals surface area contributed by atoms with Crippen LogP contribution in [0.25, 0.3) is 0 Å². The Balaban J connectivity index is 1.71. The second-order valence-corrected chi connectivity index (χ2v) is 8.23. The number of H-pyrrole nitrogens is 1. The second-order valence-electron chi connectivity index (χ2n) is 8.23. The first-order chi connectivity index (χ1) is 16.5. The first-order valence-corrected chi connectivity index (χ1v) is 10.4. The topological polar surface area (TPSA) is 251 Å². The number of aromatic amines is 1. The summed E-state index contributed by atoms with van der Waals surface area (Å²) in [6.07, 6.45) is -10.8. The molecule has 35 heavy (non-hydrogen) atoms.